The van der Waals surface area contributed by atoms with Gasteiger partial charge in [-0.25, -0.2) is 4.99 Å². The fourth-order valence-corrected chi connectivity index (χ4v) is 11.6. The lowest BCUT2D eigenvalue weighted by atomic mass is 9.99. The Morgan fingerprint density at radius 1 is 0.477 bits per heavy atom. The molecule has 0 bridgehead atoms. The van der Waals surface area contributed by atoms with Crippen LogP contribution in [0.15, 0.2) is 208 Å². The van der Waals surface area contributed by atoms with Crippen LogP contribution in [0.4, 0.5) is 0 Å². The van der Waals surface area contributed by atoms with Crippen LogP contribution in [0.1, 0.15) is 29.0 Å². The molecule has 0 amide bonds. The molecule has 0 saturated heterocycles. The topological polar surface area (TPSA) is 58.8 Å². The molecule has 0 spiro atoms. The summed E-state index contributed by atoms with van der Waals surface area (Å²) in [5.74, 6) is 0.950. The molecule has 2 atom stereocenters. The number of furan rings is 2. The van der Waals surface area contributed by atoms with E-state index in [0.29, 0.717) is 0 Å². The van der Waals surface area contributed by atoms with E-state index in [2.05, 4.69) is 204 Å². The number of aliphatic imine (C=N–C) groups is 1. The molecule has 4 aromatic heterocycles. The van der Waals surface area contributed by atoms with E-state index >= 15 is 0 Å². The molecule has 308 valence electrons. The molecule has 0 fully saturated rings. The quantitative estimate of drug-likeness (QED) is 0.187. The molecule has 0 saturated carbocycles. The predicted molar refractivity (Wildman–Crippen MR) is 269 cm³/mol. The zero-order chi connectivity index (χ0) is 42.8. The van der Waals surface area contributed by atoms with Gasteiger partial charge in [-0.1, -0.05) is 121 Å². The Kier molecular flexibility index (Phi) is 7.87. The number of aromatic nitrogens is 1. The van der Waals surface area contributed by atoms with Gasteiger partial charge in [0.05, 0.1) is 11.0 Å². The summed E-state index contributed by atoms with van der Waals surface area (Å²) >= 11 is 1.83. The average Bonchev–Trinajstić information content (AvgIpc) is 4.12. The van der Waals surface area contributed by atoms with E-state index in [1.165, 1.54) is 42.0 Å². The van der Waals surface area contributed by atoms with Crippen LogP contribution in [0.5, 0.6) is 0 Å². The van der Waals surface area contributed by atoms with Crippen molar-refractivity contribution in [2.45, 2.75) is 12.3 Å². The zero-order valence-electron chi connectivity index (χ0n) is 35.2. The van der Waals surface area contributed by atoms with Crippen molar-refractivity contribution in [1.82, 2.24) is 14.8 Å². The molecule has 65 heavy (non-hydrogen) atoms. The van der Waals surface area contributed by atoms with Gasteiger partial charge >= 0.3 is 0 Å². The third-order valence-electron chi connectivity index (χ3n) is 13.5. The molecule has 7 heteroatoms. The van der Waals surface area contributed by atoms with Gasteiger partial charge in [0.2, 0.25) is 0 Å². The Labute approximate surface area is 376 Å². The fraction of sp³-hybridized carbons (Fsp3) is 0.0517. The molecule has 6 nitrogen and oxygen atoms in total. The second kappa shape index (κ2) is 14.0. The van der Waals surface area contributed by atoms with Gasteiger partial charge in [-0.3, -0.25) is 5.32 Å². The van der Waals surface area contributed by atoms with Crippen molar-refractivity contribution in [2.75, 3.05) is 7.05 Å². The fourth-order valence-electron chi connectivity index (χ4n) is 10.4. The highest BCUT2D eigenvalue weighted by Crippen LogP contribution is 2.43. The van der Waals surface area contributed by atoms with Crippen molar-refractivity contribution >= 4 is 103 Å². The molecular weight excluding hydrogens is 817 g/mol. The highest BCUT2D eigenvalue weighted by atomic mass is 32.1. The number of nitrogens with one attached hydrogen (secondary N) is 1. The average molecular weight is 855 g/mol. The summed E-state index contributed by atoms with van der Waals surface area (Å²) in [6.45, 7) is 0. The first kappa shape index (κ1) is 36.5. The standard InChI is InChI=1S/C58H38N4O2S/c1-61-57(37-24-28-50-45(30-37)41-16-7-10-20-49(41)63-50)59-56(34-12-3-2-4-13-34)60-58(61)44-17-11-21-53-55(44)43-27-23-36(32-54(43)65-53)35-22-26-42-46-33-38(25-29-51(46)64-52(42)31-35)62-47-18-8-5-14-39(47)40-15-6-9-19-48(40)62/h2-33,56-57,59H,1H3. The van der Waals surface area contributed by atoms with Crippen LogP contribution in [-0.2, 0) is 0 Å². The second-order valence-electron chi connectivity index (χ2n) is 17.2. The summed E-state index contributed by atoms with van der Waals surface area (Å²) in [4.78, 5) is 7.78. The number of amidine groups is 1. The molecular formula is C58H38N4O2S. The number of nitrogens with zero attached hydrogens (tertiary/aromatic N) is 3. The Bertz CT molecular complexity index is 4040. The maximum absolute atomic E-state index is 6.57. The van der Waals surface area contributed by atoms with E-state index in [4.69, 9.17) is 13.8 Å². The van der Waals surface area contributed by atoms with E-state index in [1.807, 2.05) is 23.5 Å². The van der Waals surface area contributed by atoms with Crippen LogP contribution in [0, 0.1) is 0 Å². The Morgan fingerprint density at radius 2 is 1.12 bits per heavy atom. The molecule has 1 aliphatic heterocycles. The van der Waals surface area contributed by atoms with Gasteiger partial charge < -0.3 is 18.3 Å². The predicted octanol–water partition coefficient (Wildman–Crippen LogP) is 15.3. The Hall–Kier alpha value is -7.97. The maximum atomic E-state index is 6.57. The summed E-state index contributed by atoms with van der Waals surface area (Å²) in [7, 11) is 2.15. The molecule has 5 heterocycles. The van der Waals surface area contributed by atoms with Crippen LogP contribution >= 0.6 is 11.3 Å². The first-order valence-corrected chi connectivity index (χ1v) is 22.9. The minimum atomic E-state index is -0.246. The van der Waals surface area contributed by atoms with E-state index in [9.17, 15) is 0 Å². The minimum absolute atomic E-state index is 0.147. The lowest BCUT2D eigenvalue weighted by molar-refractivity contribution is 0.258. The number of benzene rings is 9. The molecule has 1 aliphatic rings. The van der Waals surface area contributed by atoms with Gasteiger partial charge in [0.25, 0.3) is 0 Å². The smallest absolute Gasteiger partial charge is 0.136 e. The van der Waals surface area contributed by atoms with E-state index < -0.39 is 0 Å². The molecule has 0 radical (unpaired) electrons. The molecule has 1 N–H and O–H groups in total. The summed E-state index contributed by atoms with van der Waals surface area (Å²) in [5, 5.41) is 13.3. The molecule has 0 aliphatic carbocycles. The minimum Gasteiger partial charge on any atom is -0.456 e. The first-order valence-electron chi connectivity index (χ1n) is 22.0. The van der Waals surface area contributed by atoms with Crippen molar-refractivity contribution in [1.29, 1.82) is 0 Å². The molecule has 2 unspecified atom stereocenters. The van der Waals surface area contributed by atoms with Gasteiger partial charge in [0.15, 0.2) is 0 Å². The Balaban J connectivity index is 0.850. The monoisotopic (exact) mass is 854 g/mol. The number of para-hydroxylation sites is 3. The first-order chi connectivity index (χ1) is 32.1. The third kappa shape index (κ3) is 5.59. The van der Waals surface area contributed by atoms with Crippen molar-refractivity contribution < 1.29 is 8.83 Å². The van der Waals surface area contributed by atoms with Gasteiger partial charge in [-0.15, -0.1) is 11.3 Å². The van der Waals surface area contributed by atoms with Crippen molar-refractivity contribution in [3.8, 4) is 16.8 Å². The van der Waals surface area contributed by atoms with Gasteiger partial charge in [0, 0.05) is 70.8 Å². The second-order valence-corrected chi connectivity index (χ2v) is 18.2. The van der Waals surface area contributed by atoms with Crippen LogP contribution in [0.3, 0.4) is 0 Å². The van der Waals surface area contributed by atoms with Crippen LogP contribution in [0.25, 0.3) is 103 Å². The molecule has 14 rings (SSSR count). The number of fused-ring (bicyclic) bond motifs is 12. The lowest BCUT2D eigenvalue weighted by Crippen LogP contribution is -2.46. The van der Waals surface area contributed by atoms with E-state index in [-0.39, 0.29) is 12.3 Å². The van der Waals surface area contributed by atoms with Gasteiger partial charge in [0.1, 0.15) is 40.5 Å². The normalized spacial score (nSPS) is 15.8. The summed E-state index contributed by atoms with van der Waals surface area (Å²) in [5.41, 5.74) is 12.7. The largest absolute Gasteiger partial charge is 0.456 e. The number of rotatable bonds is 5. The number of hydrogen-bond donors (Lipinski definition) is 1. The lowest BCUT2D eigenvalue weighted by Gasteiger charge is -2.39. The number of hydrogen-bond acceptors (Lipinski definition) is 6. The SMILES string of the molecule is CN1C(c2cccc3sc4cc(-c5ccc6c(c5)oc5ccc(-n7c8ccccc8c8ccccc87)cc56)ccc4c23)=NC(c2ccccc2)NC1c1ccc2oc3ccccc3c2c1. The van der Waals surface area contributed by atoms with Crippen LogP contribution in [0.2, 0.25) is 0 Å². The highest BCUT2D eigenvalue weighted by Gasteiger charge is 2.32. The summed E-state index contributed by atoms with van der Waals surface area (Å²) in [6.07, 6.45) is -0.393. The molecule has 9 aromatic carbocycles. The summed E-state index contributed by atoms with van der Waals surface area (Å²) < 4.78 is 17.6. The van der Waals surface area contributed by atoms with Gasteiger partial charge in [-0.2, -0.15) is 0 Å². The van der Waals surface area contributed by atoms with Crippen LogP contribution < -0.4 is 5.32 Å². The molecule has 13 aromatic rings. The maximum Gasteiger partial charge on any atom is 0.136 e. The zero-order valence-corrected chi connectivity index (χ0v) is 36.0. The van der Waals surface area contributed by atoms with Crippen molar-refractivity contribution in [3.05, 3.63) is 211 Å². The van der Waals surface area contributed by atoms with Crippen molar-refractivity contribution in [3.63, 3.8) is 0 Å². The van der Waals surface area contributed by atoms with E-state index in [1.54, 1.807) is 0 Å². The van der Waals surface area contributed by atoms with Crippen molar-refractivity contribution in [2.24, 2.45) is 4.99 Å². The van der Waals surface area contributed by atoms with Gasteiger partial charge in [-0.05, 0) is 95.1 Å². The Morgan fingerprint density at radius 3 is 1.94 bits per heavy atom. The highest BCUT2D eigenvalue weighted by molar-refractivity contribution is 7.26. The summed E-state index contributed by atoms with van der Waals surface area (Å²) in [6, 6.07) is 69.4. The van der Waals surface area contributed by atoms with E-state index in [0.717, 1.165) is 83.2 Å². The van der Waals surface area contributed by atoms with Crippen LogP contribution in [-0.4, -0.2) is 22.4 Å². The number of thiophene rings is 1. The third-order valence-corrected chi connectivity index (χ3v) is 14.6.